The van der Waals surface area contributed by atoms with E-state index in [-0.39, 0.29) is 24.5 Å². The minimum Gasteiger partial charge on any atom is -0.339 e. The van der Waals surface area contributed by atoms with E-state index in [1.807, 2.05) is 24.0 Å². The van der Waals surface area contributed by atoms with Gasteiger partial charge in [-0.15, -0.1) is 11.3 Å². The van der Waals surface area contributed by atoms with Crippen LogP contribution in [0.2, 0.25) is 0 Å². The molecule has 1 saturated heterocycles. The third-order valence-electron chi connectivity index (χ3n) is 4.05. The van der Waals surface area contributed by atoms with Crippen LogP contribution in [0.5, 0.6) is 0 Å². The van der Waals surface area contributed by atoms with Crippen LogP contribution >= 0.6 is 11.3 Å². The second-order valence-corrected chi connectivity index (χ2v) is 7.04. The molecule has 0 radical (unpaired) electrons. The van der Waals surface area contributed by atoms with E-state index >= 15 is 0 Å². The molecule has 0 spiro atoms. The topological polar surface area (TPSA) is 66.4 Å². The fourth-order valence-electron chi connectivity index (χ4n) is 2.70. The zero-order valence-electron chi connectivity index (χ0n) is 13.6. The summed E-state index contributed by atoms with van der Waals surface area (Å²) in [6.07, 6.45) is 3.99. The van der Waals surface area contributed by atoms with E-state index in [0.29, 0.717) is 32.1 Å². The lowest BCUT2D eigenvalue weighted by Crippen LogP contribution is -2.49. The van der Waals surface area contributed by atoms with E-state index in [1.54, 1.807) is 18.5 Å². The molecule has 2 aromatic heterocycles. The van der Waals surface area contributed by atoms with Crippen molar-refractivity contribution in [2.45, 2.75) is 19.8 Å². The van der Waals surface area contributed by atoms with E-state index < -0.39 is 0 Å². The quantitative estimate of drug-likeness (QED) is 0.778. The zero-order valence-corrected chi connectivity index (χ0v) is 14.5. The number of thiophene rings is 1. The first-order chi connectivity index (χ1) is 11.6. The molecule has 6 nitrogen and oxygen atoms in total. The summed E-state index contributed by atoms with van der Waals surface area (Å²) in [7, 11) is 0. The Morgan fingerprint density at radius 1 is 1.08 bits per heavy atom. The number of Topliss-reactive ketones (excluding diaryl/α,β-unsaturated/α-hetero) is 1. The smallest absolute Gasteiger partial charge is 0.225 e. The predicted molar refractivity (Wildman–Crippen MR) is 93.4 cm³/mol. The number of ketones is 1. The molecule has 0 bridgehead atoms. The van der Waals surface area contributed by atoms with Crippen LogP contribution in [0.25, 0.3) is 0 Å². The van der Waals surface area contributed by atoms with Gasteiger partial charge < -0.3 is 9.80 Å². The fourth-order valence-corrected chi connectivity index (χ4v) is 3.53. The highest BCUT2D eigenvalue weighted by atomic mass is 32.1. The molecule has 126 valence electrons. The Kier molecular flexibility index (Phi) is 5.20. The number of amides is 1. The number of nitrogens with zero attached hydrogens (tertiary/aromatic N) is 4. The van der Waals surface area contributed by atoms with Crippen LogP contribution in [0.1, 0.15) is 27.4 Å². The van der Waals surface area contributed by atoms with Gasteiger partial charge in [-0.3, -0.25) is 9.59 Å². The molecule has 1 amide bonds. The monoisotopic (exact) mass is 344 g/mol. The standard InChI is InChI=1S/C17H20N4O2S/c1-13-3-5-15(24-13)14(22)4-6-16(23)20-9-11-21(12-10-20)17-18-7-2-8-19-17/h2-3,5,7-8H,4,6,9-12H2,1H3. The zero-order chi connectivity index (χ0) is 16.9. The van der Waals surface area contributed by atoms with Crippen molar-refractivity contribution in [1.29, 1.82) is 0 Å². The molecule has 1 fully saturated rings. The van der Waals surface area contributed by atoms with Gasteiger partial charge in [0, 0.05) is 56.3 Å². The average Bonchev–Trinajstić information content (AvgIpc) is 3.07. The first kappa shape index (κ1) is 16.6. The molecule has 0 atom stereocenters. The molecular formula is C17H20N4O2S. The highest BCUT2D eigenvalue weighted by molar-refractivity contribution is 7.14. The Labute approximate surface area is 145 Å². The van der Waals surface area contributed by atoms with Crippen LogP contribution in [0.15, 0.2) is 30.6 Å². The van der Waals surface area contributed by atoms with Crippen molar-refractivity contribution in [1.82, 2.24) is 14.9 Å². The third-order valence-corrected chi connectivity index (χ3v) is 5.09. The second-order valence-electron chi connectivity index (χ2n) is 5.75. The lowest BCUT2D eigenvalue weighted by Gasteiger charge is -2.34. The summed E-state index contributed by atoms with van der Waals surface area (Å²) in [5.41, 5.74) is 0. The van der Waals surface area contributed by atoms with E-state index in [0.717, 1.165) is 9.75 Å². The number of rotatable bonds is 5. The molecule has 2 aromatic rings. The van der Waals surface area contributed by atoms with E-state index in [4.69, 9.17) is 0 Å². The van der Waals surface area contributed by atoms with Crippen LogP contribution in [-0.2, 0) is 4.79 Å². The highest BCUT2D eigenvalue weighted by Crippen LogP contribution is 2.18. The van der Waals surface area contributed by atoms with Gasteiger partial charge in [-0.2, -0.15) is 0 Å². The normalized spacial score (nSPS) is 14.7. The number of carbonyl (C=O) groups is 2. The first-order valence-corrected chi connectivity index (χ1v) is 8.84. The van der Waals surface area contributed by atoms with Crippen LogP contribution in [0.4, 0.5) is 5.95 Å². The molecule has 0 aliphatic carbocycles. The Bertz CT molecular complexity index is 708. The summed E-state index contributed by atoms with van der Waals surface area (Å²) < 4.78 is 0. The molecule has 24 heavy (non-hydrogen) atoms. The molecule has 0 N–H and O–H groups in total. The number of anilines is 1. The van der Waals surface area contributed by atoms with Gasteiger partial charge >= 0.3 is 0 Å². The number of carbonyl (C=O) groups excluding carboxylic acids is 2. The number of hydrogen-bond donors (Lipinski definition) is 0. The summed E-state index contributed by atoms with van der Waals surface area (Å²) in [4.78, 5) is 38.6. The van der Waals surface area contributed by atoms with Gasteiger partial charge in [0.25, 0.3) is 0 Å². The van der Waals surface area contributed by atoms with Gasteiger partial charge in [-0.25, -0.2) is 9.97 Å². The summed E-state index contributed by atoms with van der Waals surface area (Å²) in [5.74, 6) is 0.802. The summed E-state index contributed by atoms with van der Waals surface area (Å²) in [6, 6.07) is 5.56. The molecule has 0 aromatic carbocycles. The van der Waals surface area contributed by atoms with E-state index in [2.05, 4.69) is 14.9 Å². The molecule has 0 unspecified atom stereocenters. The summed E-state index contributed by atoms with van der Waals surface area (Å²) in [6.45, 7) is 4.69. The maximum atomic E-state index is 12.3. The minimum absolute atomic E-state index is 0.0465. The van der Waals surface area contributed by atoms with Crippen LogP contribution < -0.4 is 4.90 Å². The molecule has 7 heteroatoms. The Morgan fingerprint density at radius 2 is 1.79 bits per heavy atom. The fraction of sp³-hybridized carbons (Fsp3) is 0.412. The van der Waals surface area contributed by atoms with Crippen molar-refractivity contribution in [3.63, 3.8) is 0 Å². The third kappa shape index (κ3) is 3.97. The van der Waals surface area contributed by atoms with Gasteiger partial charge in [-0.1, -0.05) is 0 Å². The molecule has 1 aliphatic heterocycles. The van der Waals surface area contributed by atoms with Gasteiger partial charge in [0.15, 0.2) is 5.78 Å². The number of piperazine rings is 1. The highest BCUT2D eigenvalue weighted by Gasteiger charge is 2.23. The molecule has 0 saturated carbocycles. The van der Waals surface area contributed by atoms with Crippen LogP contribution in [0, 0.1) is 6.92 Å². The lowest BCUT2D eigenvalue weighted by atomic mass is 10.1. The SMILES string of the molecule is Cc1ccc(C(=O)CCC(=O)N2CCN(c3ncccn3)CC2)s1. The number of aryl methyl sites for hydroxylation is 1. The molecule has 3 heterocycles. The van der Waals surface area contributed by atoms with Gasteiger partial charge in [0.1, 0.15) is 0 Å². The van der Waals surface area contributed by atoms with Gasteiger partial charge in [0.2, 0.25) is 11.9 Å². The Morgan fingerprint density at radius 3 is 2.42 bits per heavy atom. The second kappa shape index (κ2) is 7.53. The van der Waals surface area contributed by atoms with Crippen molar-refractivity contribution in [2.75, 3.05) is 31.1 Å². The maximum Gasteiger partial charge on any atom is 0.225 e. The van der Waals surface area contributed by atoms with Gasteiger partial charge in [0.05, 0.1) is 4.88 Å². The van der Waals surface area contributed by atoms with E-state index in [1.165, 1.54) is 11.3 Å². The van der Waals surface area contributed by atoms with Crippen LogP contribution in [-0.4, -0.2) is 52.7 Å². The molecular weight excluding hydrogens is 324 g/mol. The van der Waals surface area contributed by atoms with Crippen molar-refractivity contribution in [3.8, 4) is 0 Å². The largest absolute Gasteiger partial charge is 0.339 e. The van der Waals surface area contributed by atoms with Crippen molar-refractivity contribution >= 4 is 29.0 Å². The summed E-state index contributed by atoms with van der Waals surface area (Å²) >= 11 is 1.49. The Balaban J connectivity index is 1.46. The Hall–Kier alpha value is -2.28. The van der Waals surface area contributed by atoms with Crippen LogP contribution in [0.3, 0.4) is 0 Å². The van der Waals surface area contributed by atoms with Crippen molar-refractivity contribution in [3.05, 3.63) is 40.3 Å². The lowest BCUT2D eigenvalue weighted by molar-refractivity contribution is -0.131. The first-order valence-electron chi connectivity index (χ1n) is 8.03. The number of aromatic nitrogens is 2. The van der Waals surface area contributed by atoms with E-state index in [9.17, 15) is 9.59 Å². The molecule has 1 aliphatic rings. The van der Waals surface area contributed by atoms with Crippen molar-refractivity contribution < 1.29 is 9.59 Å². The number of hydrogen-bond acceptors (Lipinski definition) is 6. The van der Waals surface area contributed by atoms with Crippen molar-refractivity contribution in [2.24, 2.45) is 0 Å². The maximum absolute atomic E-state index is 12.3. The average molecular weight is 344 g/mol. The molecule has 3 rings (SSSR count). The minimum atomic E-state index is 0.0465. The van der Waals surface area contributed by atoms with Gasteiger partial charge in [-0.05, 0) is 25.1 Å². The predicted octanol–water partition coefficient (Wildman–Crippen LogP) is 2.16. The summed E-state index contributed by atoms with van der Waals surface area (Å²) in [5, 5.41) is 0.